The average molecular weight is 258 g/mol. The Bertz CT molecular complexity index is 382. The Labute approximate surface area is 105 Å². The molecule has 0 aromatic heterocycles. The summed E-state index contributed by atoms with van der Waals surface area (Å²) in [5.41, 5.74) is 6.37. The zero-order valence-electron chi connectivity index (χ0n) is 9.49. The van der Waals surface area contributed by atoms with Gasteiger partial charge < -0.3 is 15.6 Å². The monoisotopic (exact) mass is 257 g/mol. The second-order valence-corrected chi connectivity index (χ2v) is 4.06. The van der Waals surface area contributed by atoms with Crippen molar-refractivity contribution in [3.8, 4) is 0 Å². The second kappa shape index (κ2) is 7.14. The Morgan fingerprint density at radius 1 is 1.35 bits per heavy atom. The summed E-state index contributed by atoms with van der Waals surface area (Å²) in [5, 5.41) is 8.92. The molecule has 0 bridgehead atoms. The van der Waals surface area contributed by atoms with Crippen LogP contribution in [-0.2, 0) is 4.74 Å². The van der Waals surface area contributed by atoms with Gasteiger partial charge in [-0.3, -0.25) is 0 Å². The largest absolute Gasteiger partial charge is 0.462 e. The lowest BCUT2D eigenvalue weighted by Crippen LogP contribution is -2.07. The van der Waals surface area contributed by atoms with Crippen LogP contribution in [0.15, 0.2) is 18.2 Å². The van der Waals surface area contributed by atoms with Crippen molar-refractivity contribution in [2.24, 2.45) is 0 Å². The molecular weight excluding hydrogens is 242 g/mol. The molecule has 0 unspecified atom stereocenters. The van der Waals surface area contributed by atoms with Crippen LogP contribution in [0.25, 0.3) is 0 Å². The predicted octanol–water partition coefficient (Wildman–Crippen LogP) is 2.24. The third kappa shape index (κ3) is 4.63. The molecule has 0 spiro atoms. The number of nitrogen functional groups attached to an aromatic ring is 1. The molecule has 0 heterocycles. The van der Waals surface area contributed by atoms with Crippen molar-refractivity contribution >= 4 is 23.3 Å². The summed E-state index contributed by atoms with van der Waals surface area (Å²) in [6.07, 6.45) is 2.31. The third-order valence-corrected chi connectivity index (χ3v) is 2.60. The van der Waals surface area contributed by atoms with E-state index in [1.54, 1.807) is 12.1 Å². The highest BCUT2D eigenvalue weighted by Crippen LogP contribution is 2.20. The lowest BCUT2D eigenvalue weighted by Gasteiger charge is -2.05. The number of rotatable bonds is 6. The van der Waals surface area contributed by atoms with Gasteiger partial charge in [0.25, 0.3) is 0 Å². The Kier molecular flexibility index (Phi) is 5.80. The van der Waals surface area contributed by atoms with Crippen molar-refractivity contribution in [3.63, 3.8) is 0 Å². The molecule has 0 saturated heterocycles. The van der Waals surface area contributed by atoms with Gasteiger partial charge in [-0.2, -0.15) is 0 Å². The number of esters is 1. The van der Waals surface area contributed by atoms with Crippen molar-refractivity contribution in [2.75, 3.05) is 18.9 Å². The van der Waals surface area contributed by atoms with Gasteiger partial charge in [-0.15, -0.1) is 0 Å². The van der Waals surface area contributed by atoms with Gasteiger partial charge in [-0.05, 0) is 37.5 Å². The smallest absolute Gasteiger partial charge is 0.338 e. The number of carbonyl (C=O) groups is 1. The SMILES string of the molecule is Nc1ccc(C(=O)OCCCCCO)cc1Cl. The lowest BCUT2D eigenvalue weighted by molar-refractivity contribution is 0.0497. The summed E-state index contributed by atoms with van der Waals surface area (Å²) >= 11 is 5.80. The Morgan fingerprint density at radius 2 is 2.12 bits per heavy atom. The highest BCUT2D eigenvalue weighted by molar-refractivity contribution is 6.33. The number of ether oxygens (including phenoxy) is 1. The molecule has 4 nitrogen and oxygen atoms in total. The molecule has 0 radical (unpaired) electrons. The van der Waals surface area contributed by atoms with E-state index in [0.29, 0.717) is 22.9 Å². The number of anilines is 1. The highest BCUT2D eigenvalue weighted by atomic mass is 35.5. The van der Waals surface area contributed by atoms with E-state index in [9.17, 15) is 4.79 Å². The van der Waals surface area contributed by atoms with Gasteiger partial charge in [-0.1, -0.05) is 11.6 Å². The molecule has 1 aromatic rings. The lowest BCUT2D eigenvalue weighted by atomic mass is 10.2. The first-order chi connectivity index (χ1) is 8.15. The molecule has 0 fully saturated rings. The van der Waals surface area contributed by atoms with E-state index >= 15 is 0 Å². The first-order valence-electron chi connectivity index (χ1n) is 5.48. The minimum absolute atomic E-state index is 0.168. The first kappa shape index (κ1) is 13.8. The number of benzene rings is 1. The van der Waals surface area contributed by atoms with Crippen LogP contribution < -0.4 is 5.73 Å². The number of aliphatic hydroxyl groups is 1. The van der Waals surface area contributed by atoms with Gasteiger partial charge >= 0.3 is 5.97 Å². The van der Waals surface area contributed by atoms with Crippen LogP contribution in [-0.4, -0.2) is 24.3 Å². The molecule has 0 aliphatic heterocycles. The normalized spacial score (nSPS) is 10.2. The first-order valence-corrected chi connectivity index (χ1v) is 5.86. The zero-order chi connectivity index (χ0) is 12.7. The van der Waals surface area contributed by atoms with E-state index < -0.39 is 5.97 Å². The maximum atomic E-state index is 11.6. The van der Waals surface area contributed by atoms with Crippen molar-refractivity contribution < 1.29 is 14.6 Å². The van der Waals surface area contributed by atoms with Crippen LogP contribution in [0, 0.1) is 0 Å². The van der Waals surface area contributed by atoms with Gasteiger partial charge in [0.2, 0.25) is 0 Å². The number of hydrogen-bond donors (Lipinski definition) is 2. The van der Waals surface area contributed by atoms with Crippen LogP contribution in [0.1, 0.15) is 29.6 Å². The van der Waals surface area contributed by atoms with Crippen molar-refractivity contribution in [1.82, 2.24) is 0 Å². The van der Waals surface area contributed by atoms with Crippen LogP contribution in [0.3, 0.4) is 0 Å². The van der Waals surface area contributed by atoms with E-state index in [1.807, 2.05) is 0 Å². The molecule has 0 aliphatic carbocycles. The molecule has 0 aliphatic rings. The maximum Gasteiger partial charge on any atom is 0.338 e. The zero-order valence-corrected chi connectivity index (χ0v) is 10.2. The van der Waals surface area contributed by atoms with E-state index in [1.165, 1.54) is 6.07 Å². The Hall–Kier alpha value is -1.26. The number of halogens is 1. The number of hydrogen-bond acceptors (Lipinski definition) is 4. The highest BCUT2D eigenvalue weighted by Gasteiger charge is 2.08. The Morgan fingerprint density at radius 3 is 2.76 bits per heavy atom. The minimum atomic E-state index is -0.407. The molecule has 3 N–H and O–H groups in total. The summed E-state index contributed by atoms with van der Waals surface area (Å²) in [4.78, 5) is 11.6. The maximum absolute atomic E-state index is 11.6. The summed E-state index contributed by atoms with van der Waals surface area (Å²) in [6, 6.07) is 4.65. The fourth-order valence-electron chi connectivity index (χ4n) is 1.29. The van der Waals surface area contributed by atoms with Gasteiger partial charge in [0.1, 0.15) is 0 Å². The predicted molar refractivity (Wildman–Crippen MR) is 67.1 cm³/mol. The summed E-state index contributed by atoms with van der Waals surface area (Å²) < 4.78 is 5.05. The van der Waals surface area contributed by atoms with Gasteiger partial charge in [0, 0.05) is 6.61 Å². The van der Waals surface area contributed by atoms with Gasteiger partial charge in [0.05, 0.1) is 22.9 Å². The average Bonchev–Trinajstić information content (AvgIpc) is 2.32. The molecule has 0 saturated carbocycles. The molecule has 94 valence electrons. The molecule has 17 heavy (non-hydrogen) atoms. The van der Waals surface area contributed by atoms with E-state index in [0.717, 1.165) is 19.3 Å². The summed E-state index contributed by atoms with van der Waals surface area (Å²) in [6.45, 7) is 0.516. The quantitative estimate of drug-likeness (QED) is 0.466. The number of nitrogens with two attached hydrogens (primary N) is 1. The van der Waals surface area contributed by atoms with Gasteiger partial charge in [-0.25, -0.2) is 4.79 Å². The third-order valence-electron chi connectivity index (χ3n) is 2.27. The topological polar surface area (TPSA) is 72.6 Å². The number of aliphatic hydroxyl groups excluding tert-OH is 1. The summed E-state index contributed by atoms with van der Waals surface area (Å²) in [7, 11) is 0. The number of unbranched alkanes of at least 4 members (excludes halogenated alkanes) is 2. The van der Waals surface area contributed by atoms with E-state index in [4.69, 9.17) is 27.2 Å². The molecule has 0 atom stereocenters. The minimum Gasteiger partial charge on any atom is -0.462 e. The van der Waals surface area contributed by atoms with Crippen LogP contribution in [0.2, 0.25) is 5.02 Å². The van der Waals surface area contributed by atoms with E-state index in [2.05, 4.69) is 0 Å². The molecule has 1 rings (SSSR count). The second-order valence-electron chi connectivity index (χ2n) is 3.66. The standard InChI is InChI=1S/C12H16ClNO3/c13-10-8-9(4-5-11(10)14)12(16)17-7-3-1-2-6-15/h4-5,8,15H,1-3,6-7,14H2. The van der Waals surface area contributed by atoms with Crippen LogP contribution >= 0.6 is 11.6 Å². The van der Waals surface area contributed by atoms with Crippen molar-refractivity contribution in [2.45, 2.75) is 19.3 Å². The molecular formula is C12H16ClNO3. The fourth-order valence-corrected chi connectivity index (χ4v) is 1.47. The molecule has 5 heteroatoms. The van der Waals surface area contributed by atoms with Crippen LogP contribution in [0.5, 0.6) is 0 Å². The molecule has 1 aromatic carbocycles. The van der Waals surface area contributed by atoms with Crippen molar-refractivity contribution in [1.29, 1.82) is 0 Å². The van der Waals surface area contributed by atoms with E-state index in [-0.39, 0.29) is 6.61 Å². The number of carbonyl (C=O) groups excluding carboxylic acids is 1. The molecule has 0 amide bonds. The fraction of sp³-hybridized carbons (Fsp3) is 0.417. The van der Waals surface area contributed by atoms with Crippen molar-refractivity contribution in [3.05, 3.63) is 28.8 Å². The Balaban J connectivity index is 2.39. The summed E-state index contributed by atoms with van der Waals surface area (Å²) in [5.74, 6) is -0.407. The van der Waals surface area contributed by atoms with Crippen LogP contribution in [0.4, 0.5) is 5.69 Å². The van der Waals surface area contributed by atoms with Gasteiger partial charge in [0.15, 0.2) is 0 Å².